The molecular weight excluding hydrogens is 520 g/mol. The van der Waals surface area contributed by atoms with Crippen molar-refractivity contribution >= 4 is 38.8 Å². The van der Waals surface area contributed by atoms with Gasteiger partial charge in [0, 0.05) is 47.8 Å². The molecule has 0 bridgehead atoms. The molecule has 5 N–H and O–H groups in total. The summed E-state index contributed by atoms with van der Waals surface area (Å²) in [6.45, 7) is 7.83. The summed E-state index contributed by atoms with van der Waals surface area (Å²) in [5, 5.41) is 12.9. The number of piperidine rings is 1. The zero-order valence-electron chi connectivity index (χ0n) is 22.2. The van der Waals surface area contributed by atoms with Crippen molar-refractivity contribution in [2.45, 2.75) is 44.0 Å². The minimum Gasteiger partial charge on any atom is -0.388 e. The summed E-state index contributed by atoms with van der Waals surface area (Å²) in [6.07, 6.45) is 3.85. The van der Waals surface area contributed by atoms with Gasteiger partial charge in [-0.2, -0.15) is 0 Å². The highest BCUT2D eigenvalue weighted by Crippen LogP contribution is 2.37. The Morgan fingerprint density at radius 1 is 1.13 bits per heavy atom. The zero-order valence-corrected chi connectivity index (χ0v) is 23.9. The average molecular weight is 557 g/mol. The van der Waals surface area contributed by atoms with Gasteiger partial charge >= 0.3 is 6.03 Å². The lowest BCUT2D eigenvalue weighted by Crippen LogP contribution is -2.40. The Hall–Kier alpha value is -2.99. The molecule has 2 heterocycles. The van der Waals surface area contributed by atoms with Crippen LogP contribution >= 0.6 is 11.3 Å². The van der Waals surface area contributed by atoms with E-state index < -0.39 is 15.6 Å². The quantitative estimate of drug-likeness (QED) is 0.274. The van der Waals surface area contributed by atoms with Crippen LogP contribution in [-0.4, -0.2) is 51.7 Å². The Balaban J connectivity index is 1.61. The molecule has 2 aromatic carbocycles. The maximum absolute atomic E-state index is 13.5. The molecule has 1 saturated heterocycles. The number of rotatable bonds is 8. The number of nitrogens with zero attached hydrogens (tertiary/aromatic N) is 1. The molecule has 0 radical (unpaired) electrons. The maximum Gasteiger partial charge on any atom is 0.319 e. The third-order valence-electron chi connectivity index (χ3n) is 6.11. The standard InChI is InChI=1S/C27H36N6O3S2/c1-27(2,3)33-38(35,36)24-14-21(32-26(34)31-16-18-6-5-13-29-15-18)11-12-22(24)23-17-30-25(37-23)19-7-9-20(28-4)10-8-19/h7-12,14,17-18,28-29,33H,5-6,13,15-16H2,1-4H3,(H2,31,32,34). The van der Waals surface area contributed by atoms with Gasteiger partial charge < -0.3 is 21.3 Å². The fourth-order valence-electron chi connectivity index (χ4n) is 4.31. The Kier molecular flexibility index (Phi) is 8.71. The number of nitrogens with one attached hydrogen (secondary N) is 5. The van der Waals surface area contributed by atoms with Crippen molar-refractivity contribution in [1.29, 1.82) is 0 Å². The van der Waals surface area contributed by atoms with Gasteiger partial charge in [-0.05, 0) is 89.0 Å². The number of amides is 2. The number of anilines is 2. The number of hydrogen-bond donors (Lipinski definition) is 5. The predicted octanol–water partition coefficient (Wildman–Crippen LogP) is 4.72. The van der Waals surface area contributed by atoms with Crippen molar-refractivity contribution in [3.63, 3.8) is 0 Å². The van der Waals surface area contributed by atoms with Gasteiger partial charge in [-0.15, -0.1) is 11.3 Å². The van der Waals surface area contributed by atoms with E-state index in [9.17, 15) is 13.2 Å². The third-order valence-corrected chi connectivity index (χ3v) is 8.99. The lowest BCUT2D eigenvalue weighted by Gasteiger charge is -2.23. The summed E-state index contributed by atoms with van der Waals surface area (Å²) < 4.78 is 29.7. The molecule has 3 aromatic rings. The van der Waals surface area contributed by atoms with Crippen LogP contribution in [0.2, 0.25) is 0 Å². The van der Waals surface area contributed by atoms with E-state index in [4.69, 9.17) is 0 Å². The molecular formula is C27H36N6O3S2. The molecule has 1 aliphatic rings. The summed E-state index contributed by atoms with van der Waals surface area (Å²) >= 11 is 1.42. The molecule has 0 saturated carbocycles. The molecule has 1 unspecified atom stereocenters. The van der Waals surface area contributed by atoms with Gasteiger partial charge in [-0.1, -0.05) is 6.07 Å². The van der Waals surface area contributed by atoms with Crippen LogP contribution in [0.15, 0.2) is 53.6 Å². The molecule has 204 valence electrons. The van der Waals surface area contributed by atoms with Crippen molar-refractivity contribution in [2.24, 2.45) is 5.92 Å². The first-order valence-electron chi connectivity index (χ1n) is 12.7. The van der Waals surface area contributed by atoms with E-state index in [1.54, 1.807) is 39.1 Å². The van der Waals surface area contributed by atoms with Gasteiger partial charge in [0.05, 0.1) is 9.77 Å². The van der Waals surface area contributed by atoms with Crippen LogP contribution in [0.25, 0.3) is 21.0 Å². The Bertz CT molecular complexity index is 1360. The van der Waals surface area contributed by atoms with Gasteiger partial charge in [0.2, 0.25) is 10.0 Å². The number of urea groups is 1. The number of hydrogen-bond acceptors (Lipinski definition) is 7. The topological polar surface area (TPSA) is 124 Å². The summed E-state index contributed by atoms with van der Waals surface area (Å²) in [5.74, 6) is 0.388. The van der Waals surface area contributed by atoms with Crippen LogP contribution in [0.3, 0.4) is 0 Å². The smallest absolute Gasteiger partial charge is 0.319 e. The normalized spacial score (nSPS) is 16.2. The second-order valence-corrected chi connectivity index (χ2v) is 13.2. The second-order valence-electron chi connectivity index (χ2n) is 10.5. The molecule has 38 heavy (non-hydrogen) atoms. The van der Waals surface area contributed by atoms with Crippen molar-refractivity contribution in [3.05, 3.63) is 48.7 Å². The minimum atomic E-state index is -3.91. The molecule has 0 aliphatic carbocycles. The highest BCUT2D eigenvalue weighted by molar-refractivity contribution is 7.89. The number of benzene rings is 2. The molecule has 1 aliphatic heterocycles. The van der Waals surface area contributed by atoms with E-state index in [-0.39, 0.29) is 10.9 Å². The highest BCUT2D eigenvalue weighted by Gasteiger charge is 2.27. The van der Waals surface area contributed by atoms with E-state index in [1.165, 1.54) is 17.4 Å². The number of carbonyl (C=O) groups is 1. The number of thiazole rings is 1. The van der Waals surface area contributed by atoms with Crippen LogP contribution in [-0.2, 0) is 10.0 Å². The van der Waals surface area contributed by atoms with Crippen LogP contribution in [0.4, 0.5) is 16.2 Å². The highest BCUT2D eigenvalue weighted by atomic mass is 32.2. The van der Waals surface area contributed by atoms with Crippen LogP contribution in [0.1, 0.15) is 33.6 Å². The minimum absolute atomic E-state index is 0.0856. The van der Waals surface area contributed by atoms with E-state index in [0.717, 1.165) is 42.2 Å². The second kappa shape index (κ2) is 11.8. The molecule has 9 nitrogen and oxygen atoms in total. The lowest BCUT2D eigenvalue weighted by molar-refractivity contribution is 0.248. The van der Waals surface area contributed by atoms with Crippen molar-refractivity contribution in [2.75, 3.05) is 37.3 Å². The van der Waals surface area contributed by atoms with Crippen molar-refractivity contribution in [1.82, 2.24) is 20.3 Å². The van der Waals surface area contributed by atoms with Gasteiger partial charge in [0.15, 0.2) is 0 Å². The van der Waals surface area contributed by atoms with E-state index >= 15 is 0 Å². The van der Waals surface area contributed by atoms with E-state index in [0.29, 0.717) is 28.6 Å². The fraction of sp³-hybridized carbons (Fsp3) is 0.407. The maximum atomic E-state index is 13.5. The molecule has 0 spiro atoms. The first kappa shape index (κ1) is 28.0. The Labute approximate surface area is 228 Å². The SMILES string of the molecule is CNc1ccc(-c2ncc(-c3ccc(NC(=O)NCC4CCCNC4)cc3S(=O)(=O)NC(C)(C)C)s2)cc1. The number of aromatic nitrogens is 1. The molecule has 1 aromatic heterocycles. The largest absolute Gasteiger partial charge is 0.388 e. The first-order chi connectivity index (χ1) is 18.0. The Morgan fingerprint density at radius 3 is 2.53 bits per heavy atom. The average Bonchev–Trinajstić information content (AvgIpc) is 3.37. The Morgan fingerprint density at radius 2 is 1.87 bits per heavy atom. The van der Waals surface area contributed by atoms with E-state index in [1.807, 2.05) is 31.3 Å². The monoisotopic (exact) mass is 556 g/mol. The van der Waals surface area contributed by atoms with Crippen molar-refractivity contribution < 1.29 is 13.2 Å². The molecule has 11 heteroatoms. The number of sulfonamides is 1. The lowest BCUT2D eigenvalue weighted by atomic mass is 10.00. The fourth-order valence-corrected chi connectivity index (χ4v) is 7.00. The summed E-state index contributed by atoms with van der Waals surface area (Å²) in [7, 11) is -2.05. The predicted molar refractivity (Wildman–Crippen MR) is 155 cm³/mol. The van der Waals surface area contributed by atoms with Gasteiger partial charge in [-0.25, -0.2) is 22.9 Å². The summed E-state index contributed by atoms with van der Waals surface area (Å²) in [6, 6.07) is 12.5. The molecule has 1 fully saturated rings. The third kappa shape index (κ3) is 7.31. The first-order valence-corrected chi connectivity index (χ1v) is 15.0. The molecule has 4 rings (SSSR count). The van der Waals surface area contributed by atoms with Crippen LogP contribution in [0.5, 0.6) is 0 Å². The van der Waals surface area contributed by atoms with Gasteiger partial charge in [0.25, 0.3) is 0 Å². The zero-order chi connectivity index (χ0) is 27.3. The molecule has 2 amide bonds. The van der Waals surface area contributed by atoms with E-state index in [2.05, 4.69) is 31.0 Å². The van der Waals surface area contributed by atoms with Crippen molar-refractivity contribution in [3.8, 4) is 21.0 Å². The van der Waals surface area contributed by atoms with Gasteiger partial charge in [0.1, 0.15) is 5.01 Å². The van der Waals surface area contributed by atoms with Crippen LogP contribution < -0.4 is 26.0 Å². The number of carbonyl (C=O) groups excluding carboxylic acids is 1. The van der Waals surface area contributed by atoms with Crippen LogP contribution in [0, 0.1) is 5.92 Å². The summed E-state index contributed by atoms with van der Waals surface area (Å²) in [4.78, 5) is 17.9. The molecule has 1 atom stereocenters. The van der Waals surface area contributed by atoms with Gasteiger partial charge in [-0.3, -0.25) is 0 Å². The summed E-state index contributed by atoms with van der Waals surface area (Å²) in [5.41, 5.74) is 2.18.